The molecule has 1 N–H and O–H groups in total. The van der Waals surface area contributed by atoms with Crippen LogP contribution in [-0.4, -0.2) is 35.0 Å². The van der Waals surface area contributed by atoms with Gasteiger partial charge in [-0.2, -0.15) is 13.2 Å². The third-order valence-corrected chi connectivity index (χ3v) is 6.16. The lowest BCUT2D eigenvalue weighted by Gasteiger charge is -2.36. The highest BCUT2D eigenvalue weighted by Gasteiger charge is 2.49. The van der Waals surface area contributed by atoms with E-state index in [9.17, 15) is 22.8 Å². The van der Waals surface area contributed by atoms with Crippen molar-refractivity contribution in [2.75, 3.05) is 0 Å². The molecule has 144 valence electrons. The number of nitrogens with one attached hydrogen (secondary N) is 1. The fourth-order valence-electron chi connectivity index (χ4n) is 4.01. The number of hydrogen-bond donors (Lipinski definition) is 1. The van der Waals surface area contributed by atoms with Crippen molar-refractivity contribution in [2.24, 2.45) is 0 Å². The first kappa shape index (κ1) is 19.2. The van der Waals surface area contributed by atoms with Gasteiger partial charge in [0.2, 0.25) is 5.91 Å². The summed E-state index contributed by atoms with van der Waals surface area (Å²) in [4.78, 5) is 26.5. The molecule has 8 heteroatoms. The predicted molar refractivity (Wildman–Crippen MR) is 92.6 cm³/mol. The van der Waals surface area contributed by atoms with Gasteiger partial charge in [-0.25, -0.2) is 0 Å². The zero-order chi connectivity index (χ0) is 18.7. The highest BCUT2D eigenvalue weighted by atomic mass is 32.1. The molecule has 0 radical (unpaired) electrons. The monoisotopic (exact) mass is 388 g/mol. The maximum Gasteiger partial charge on any atom is 0.471 e. The van der Waals surface area contributed by atoms with Gasteiger partial charge in [-0.1, -0.05) is 31.7 Å². The molecule has 3 rings (SSSR count). The molecule has 26 heavy (non-hydrogen) atoms. The Morgan fingerprint density at radius 2 is 1.73 bits per heavy atom. The van der Waals surface area contributed by atoms with E-state index < -0.39 is 30.1 Å². The second kappa shape index (κ2) is 7.98. The molecule has 1 atom stereocenters. The average Bonchev–Trinajstić information content (AvgIpc) is 3.32. The third kappa shape index (κ3) is 4.22. The number of amides is 2. The topological polar surface area (TPSA) is 49.4 Å². The molecule has 2 aliphatic carbocycles. The van der Waals surface area contributed by atoms with Crippen molar-refractivity contribution in [1.29, 1.82) is 0 Å². The van der Waals surface area contributed by atoms with E-state index in [-0.39, 0.29) is 6.04 Å². The number of nitrogens with zero attached hydrogens (tertiary/aromatic N) is 1. The van der Waals surface area contributed by atoms with Crippen LogP contribution in [0.25, 0.3) is 0 Å². The minimum absolute atomic E-state index is 0.0172. The Bertz CT molecular complexity index is 621. The van der Waals surface area contributed by atoms with Crippen molar-refractivity contribution in [3.05, 3.63) is 22.4 Å². The van der Waals surface area contributed by atoms with Crippen LogP contribution in [0.1, 0.15) is 62.3 Å². The van der Waals surface area contributed by atoms with Crippen LogP contribution in [0.15, 0.2) is 17.5 Å². The minimum Gasteiger partial charge on any atom is -0.351 e. The van der Waals surface area contributed by atoms with Crippen LogP contribution in [0.3, 0.4) is 0 Å². The lowest BCUT2D eigenvalue weighted by molar-refractivity contribution is -0.191. The molecule has 0 bridgehead atoms. The van der Waals surface area contributed by atoms with Crippen molar-refractivity contribution >= 4 is 23.2 Å². The smallest absolute Gasteiger partial charge is 0.351 e. The number of hydrogen-bond acceptors (Lipinski definition) is 3. The SMILES string of the molecule is O=C(NC1CCCC1)[C@H](c1cccs1)N(C(=O)C(F)(F)F)C1CCCC1. The Morgan fingerprint density at radius 1 is 1.12 bits per heavy atom. The highest BCUT2D eigenvalue weighted by molar-refractivity contribution is 7.10. The fourth-order valence-corrected chi connectivity index (χ4v) is 4.83. The van der Waals surface area contributed by atoms with Crippen molar-refractivity contribution < 1.29 is 22.8 Å². The first-order valence-corrected chi connectivity index (χ1v) is 9.99. The largest absolute Gasteiger partial charge is 0.471 e. The summed E-state index contributed by atoms with van der Waals surface area (Å²) in [6, 6.07) is 1.55. The summed E-state index contributed by atoms with van der Waals surface area (Å²) in [5.74, 6) is -2.41. The van der Waals surface area contributed by atoms with Gasteiger partial charge in [0.1, 0.15) is 6.04 Å². The van der Waals surface area contributed by atoms with E-state index in [0.29, 0.717) is 17.7 Å². The van der Waals surface area contributed by atoms with Gasteiger partial charge in [-0.05, 0) is 37.1 Å². The predicted octanol–water partition coefficient (Wildman–Crippen LogP) is 4.18. The van der Waals surface area contributed by atoms with E-state index in [4.69, 9.17) is 0 Å². The molecule has 0 saturated heterocycles. The number of thiophene rings is 1. The number of alkyl halides is 3. The van der Waals surface area contributed by atoms with E-state index >= 15 is 0 Å². The maximum atomic E-state index is 13.3. The van der Waals surface area contributed by atoms with E-state index in [1.807, 2.05) is 0 Å². The summed E-state index contributed by atoms with van der Waals surface area (Å²) in [5, 5.41) is 4.60. The van der Waals surface area contributed by atoms with Crippen LogP contribution in [-0.2, 0) is 9.59 Å². The maximum absolute atomic E-state index is 13.3. The van der Waals surface area contributed by atoms with Gasteiger partial charge in [-0.15, -0.1) is 11.3 Å². The second-order valence-corrected chi connectivity index (χ2v) is 8.04. The van der Waals surface area contributed by atoms with Gasteiger partial charge >= 0.3 is 12.1 Å². The van der Waals surface area contributed by atoms with Crippen LogP contribution in [0.5, 0.6) is 0 Å². The van der Waals surface area contributed by atoms with E-state index in [0.717, 1.165) is 43.4 Å². The normalized spacial score (nSPS) is 20.3. The van der Waals surface area contributed by atoms with Crippen molar-refractivity contribution in [3.63, 3.8) is 0 Å². The molecule has 0 aromatic carbocycles. The van der Waals surface area contributed by atoms with Gasteiger partial charge < -0.3 is 10.2 Å². The lowest BCUT2D eigenvalue weighted by Crippen LogP contribution is -2.53. The molecule has 1 aromatic heterocycles. The fraction of sp³-hybridized carbons (Fsp3) is 0.667. The average molecular weight is 388 g/mol. The first-order chi connectivity index (χ1) is 12.4. The van der Waals surface area contributed by atoms with Crippen molar-refractivity contribution in [2.45, 2.75) is 75.7 Å². The van der Waals surface area contributed by atoms with Crippen LogP contribution in [0.4, 0.5) is 13.2 Å². The molecule has 2 fully saturated rings. The highest BCUT2D eigenvalue weighted by Crippen LogP contribution is 2.37. The van der Waals surface area contributed by atoms with Crippen molar-refractivity contribution in [3.8, 4) is 0 Å². The molecule has 4 nitrogen and oxygen atoms in total. The number of halogens is 3. The Balaban J connectivity index is 1.92. The molecule has 0 unspecified atom stereocenters. The van der Waals surface area contributed by atoms with Crippen LogP contribution in [0, 0.1) is 0 Å². The Morgan fingerprint density at radius 3 is 2.27 bits per heavy atom. The molecule has 2 aliphatic rings. The van der Waals surface area contributed by atoms with Crippen molar-refractivity contribution in [1.82, 2.24) is 10.2 Å². The van der Waals surface area contributed by atoms with Gasteiger partial charge in [0.25, 0.3) is 0 Å². The molecule has 0 aliphatic heterocycles. The van der Waals surface area contributed by atoms with E-state index in [2.05, 4.69) is 5.32 Å². The third-order valence-electron chi connectivity index (χ3n) is 5.24. The van der Waals surface area contributed by atoms with Crippen LogP contribution in [0.2, 0.25) is 0 Å². The number of carbonyl (C=O) groups excluding carboxylic acids is 2. The summed E-state index contributed by atoms with van der Waals surface area (Å²) in [5.41, 5.74) is 0. The Kier molecular flexibility index (Phi) is 5.89. The Hall–Kier alpha value is -1.57. The standard InChI is InChI=1S/C18H23F3N2O2S/c19-18(20,21)17(25)23(13-8-3-4-9-13)15(14-10-5-11-26-14)16(24)22-12-6-1-2-7-12/h5,10-13,15H,1-4,6-9H2,(H,22,24)/t15-/m0/s1. The number of carbonyl (C=O) groups is 2. The first-order valence-electron chi connectivity index (χ1n) is 9.11. The summed E-state index contributed by atoms with van der Waals surface area (Å²) in [6.45, 7) is 0. The molecule has 2 amide bonds. The zero-order valence-electron chi connectivity index (χ0n) is 14.4. The van der Waals surface area contributed by atoms with Gasteiger partial charge in [0, 0.05) is 17.0 Å². The molecule has 1 aromatic rings. The molecule has 1 heterocycles. The molecular weight excluding hydrogens is 365 g/mol. The number of rotatable bonds is 5. The van der Waals surface area contributed by atoms with E-state index in [1.54, 1.807) is 17.5 Å². The quantitative estimate of drug-likeness (QED) is 0.823. The summed E-state index contributed by atoms with van der Waals surface area (Å²) >= 11 is 1.21. The van der Waals surface area contributed by atoms with Gasteiger partial charge in [-0.3, -0.25) is 9.59 Å². The molecule has 0 spiro atoms. The summed E-state index contributed by atoms with van der Waals surface area (Å²) in [7, 11) is 0. The second-order valence-electron chi connectivity index (χ2n) is 7.06. The summed E-state index contributed by atoms with van der Waals surface area (Å²) in [6.07, 6.45) is 1.22. The van der Waals surface area contributed by atoms with Gasteiger partial charge in [0.05, 0.1) is 0 Å². The Labute approximate surface area is 154 Å². The zero-order valence-corrected chi connectivity index (χ0v) is 15.2. The minimum atomic E-state index is -4.99. The van der Waals surface area contributed by atoms with Crippen LogP contribution >= 0.6 is 11.3 Å². The van der Waals surface area contributed by atoms with E-state index in [1.165, 1.54) is 11.3 Å². The molecule has 2 saturated carbocycles. The van der Waals surface area contributed by atoms with Crippen LogP contribution < -0.4 is 5.32 Å². The lowest BCUT2D eigenvalue weighted by atomic mass is 10.1. The summed E-state index contributed by atoms with van der Waals surface area (Å²) < 4.78 is 39.9. The molecular formula is C18H23F3N2O2S. The van der Waals surface area contributed by atoms with Gasteiger partial charge in [0.15, 0.2) is 0 Å².